The minimum Gasteiger partial charge on any atom is -0.455 e. The van der Waals surface area contributed by atoms with Gasteiger partial charge in [-0.3, -0.25) is 0 Å². The van der Waals surface area contributed by atoms with Crippen LogP contribution in [0.2, 0.25) is 0 Å². The summed E-state index contributed by atoms with van der Waals surface area (Å²) in [6, 6.07) is 71.7. The van der Waals surface area contributed by atoms with Crippen molar-refractivity contribution in [2.75, 3.05) is 4.90 Å². The van der Waals surface area contributed by atoms with Crippen molar-refractivity contribution in [1.29, 1.82) is 0 Å². The Labute approximate surface area is 302 Å². The van der Waals surface area contributed by atoms with Crippen LogP contribution in [0.15, 0.2) is 205 Å². The highest BCUT2D eigenvalue weighted by Crippen LogP contribution is 2.46. The minimum absolute atomic E-state index is 0.892. The van der Waals surface area contributed by atoms with Crippen LogP contribution in [0.1, 0.15) is 0 Å². The average molecular weight is 664 g/mol. The van der Waals surface area contributed by atoms with Gasteiger partial charge >= 0.3 is 0 Å². The van der Waals surface area contributed by atoms with Crippen LogP contribution in [0.5, 0.6) is 0 Å². The van der Waals surface area contributed by atoms with Gasteiger partial charge in [-0.1, -0.05) is 158 Å². The molecule has 9 aromatic carbocycles. The molecule has 2 heteroatoms. The molecule has 52 heavy (non-hydrogen) atoms. The summed E-state index contributed by atoms with van der Waals surface area (Å²) in [5.41, 5.74) is 12.2. The molecule has 10 rings (SSSR count). The smallest absolute Gasteiger partial charge is 0.143 e. The van der Waals surface area contributed by atoms with Crippen molar-refractivity contribution in [3.05, 3.63) is 200 Å². The van der Waals surface area contributed by atoms with Gasteiger partial charge in [-0.25, -0.2) is 0 Å². The predicted molar refractivity (Wildman–Crippen MR) is 220 cm³/mol. The summed E-state index contributed by atoms with van der Waals surface area (Å²) in [6.07, 6.45) is 0. The monoisotopic (exact) mass is 663 g/mol. The van der Waals surface area contributed by atoms with Crippen molar-refractivity contribution in [2.45, 2.75) is 0 Å². The first kappa shape index (κ1) is 30.0. The molecule has 0 unspecified atom stereocenters. The Bertz CT molecular complexity index is 2900. The molecule has 10 aromatic rings. The molecule has 0 bridgehead atoms. The highest BCUT2D eigenvalue weighted by Gasteiger charge is 2.21. The maximum absolute atomic E-state index is 6.50. The fourth-order valence-electron chi connectivity index (χ4n) is 7.79. The van der Waals surface area contributed by atoms with Crippen LogP contribution in [-0.4, -0.2) is 0 Å². The Morgan fingerprint density at radius 1 is 0.327 bits per heavy atom. The highest BCUT2D eigenvalue weighted by molar-refractivity contribution is 6.15. The van der Waals surface area contributed by atoms with E-state index in [0.29, 0.717) is 0 Å². The SMILES string of the molecule is c1ccc(-c2ccccc2N(c2ccc(-c3cccc4ccccc34)cc2)c2ccccc2-c2ccc3oc4c5ccccc5ccc4c3c2)cc1. The van der Waals surface area contributed by atoms with Crippen molar-refractivity contribution in [1.82, 2.24) is 0 Å². The van der Waals surface area contributed by atoms with Gasteiger partial charge in [0.25, 0.3) is 0 Å². The van der Waals surface area contributed by atoms with Crippen molar-refractivity contribution >= 4 is 60.5 Å². The molecule has 0 fully saturated rings. The van der Waals surface area contributed by atoms with Gasteiger partial charge in [0.1, 0.15) is 11.2 Å². The van der Waals surface area contributed by atoms with Crippen LogP contribution < -0.4 is 4.90 Å². The van der Waals surface area contributed by atoms with Crippen LogP contribution in [-0.2, 0) is 0 Å². The standard InChI is InChI=1S/C50H33NO/c1-2-13-35(14-3-1)42-19-8-10-23-47(42)51(39-29-25-37(26-30-39)41-22-12-17-34-15-4-6-18-40(34)41)48-24-11-9-20-43(48)38-28-32-49-46(33-38)45-31-27-36-16-5-7-21-44(36)50(45)52-49/h1-33H. The van der Waals surface area contributed by atoms with Crippen LogP contribution in [0.25, 0.3) is 76.9 Å². The van der Waals surface area contributed by atoms with E-state index in [1.54, 1.807) is 0 Å². The number of anilines is 3. The Hall–Kier alpha value is -6.90. The van der Waals surface area contributed by atoms with E-state index in [4.69, 9.17) is 4.42 Å². The Morgan fingerprint density at radius 2 is 0.885 bits per heavy atom. The molecular weight excluding hydrogens is 631 g/mol. The summed E-state index contributed by atoms with van der Waals surface area (Å²) in [6.45, 7) is 0. The lowest BCUT2D eigenvalue weighted by molar-refractivity contribution is 0.672. The summed E-state index contributed by atoms with van der Waals surface area (Å²) in [4.78, 5) is 2.41. The van der Waals surface area contributed by atoms with Crippen molar-refractivity contribution in [2.24, 2.45) is 0 Å². The van der Waals surface area contributed by atoms with E-state index in [2.05, 4.69) is 205 Å². The first-order valence-electron chi connectivity index (χ1n) is 17.8. The molecule has 0 N–H and O–H groups in total. The number of rotatable bonds is 6. The summed E-state index contributed by atoms with van der Waals surface area (Å²) >= 11 is 0. The third-order valence-electron chi connectivity index (χ3n) is 10.3. The van der Waals surface area contributed by atoms with Gasteiger partial charge in [-0.2, -0.15) is 0 Å². The second kappa shape index (κ2) is 12.5. The van der Waals surface area contributed by atoms with Gasteiger partial charge in [-0.05, 0) is 80.9 Å². The predicted octanol–water partition coefficient (Wildman–Crippen LogP) is 14.4. The van der Waals surface area contributed by atoms with Gasteiger partial charge in [0.05, 0.1) is 11.4 Å². The number of furan rings is 1. The molecular formula is C50H33NO. The summed E-state index contributed by atoms with van der Waals surface area (Å²) in [7, 11) is 0. The summed E-state index contributed by atoms with van der Waals surface area (Å²) in [5.74, 6) is 0. The molecule has 0 aliphatic heterocycles. The van der Waals surface area contributed by atoms with Gasteiger partial charge in [0.2, 0.25) is 0 Å². The van der Waals surface area contributed by atoms with Crippen LogP contribution in [0.3, 0.4) is 0 Å². The lowest BCUT2D eigenvalue weighted by atomic mass is 9.96. The topological polar surface area (TPSA) is 16.4 Å². The third kappa shape index (κ3) is 5.04. The number of hydrogen-bond donors (Lipinski definition) is 0. The Morgan fingerprint density at radius 3 is 1.65 bits per heavy atom. The van der Waals surface area contributed by atoms with Crippen LogP contribution in [0.4, 0.5) is 17.1 Å². The minimum atomic E-state index is 0.892. The highest BCUT2D eigenvalue weighted by atomic mass is 16.3. The van der Waals surface area contributed by atoms with Crippen LogP contribution in [0, 0.1) is 0 Å². The van der Waals surface area contributed by atoms with E-state index in [1.165, 1.54) is 38.4 Å². The molecule has 0 aliphatic rings. The first-order valence-corrected chi connectivity index (χ1v) is 17.8. The molecule has 0 aliphatic carbocycles. The van der Waals surface area contributed by atoms with Crippen LogP contribution >= 0.6 is 0 Å². The molecule has 1 aromatic heterocycles. The lowest BCUT2D eigenvalue weighted by Gasteiger charge is -2.30. The molecule has 0 amide bonds. The number of fused-ring (bicyclic) bond motifs is 6. The molecule has 0 saturated heterocycles. The molecule has 2 nitrogen and oxygen atoms in total. The third-order valence-corrected chi connectivity index (χ3v) is 10.3. The van der Waals surface area contributed by atoms with E-state index in [-0.39, 0.29) is 0 Å². The van der Waals surface area contributed by atoms with Gasteiger partial charge < -0.3 is 9.32 Å². The molecule has 0 radical (unpaired) electrons. The number of nitrogens with zero attached hydrogens (tertiary/aromatic N) is 1. The van der Waals surface area contributed by atoms with E-state index in [9.17, 15) is 0 Å². The lowest BCUT2D eigenvalue weighted by Crippen LogP contribution is -2.12. The van der Waals surface area contributed by atoms with E-state index in [0.717, 1.165) is 55.5 Å². The average Bonchev–Trinajstić information content (AvgIpc) is 3.60. The van der Waals surface area contributed by atoms with Crippen molar-refractivity contribution in [3.63, 3.8) is 0 Å². The second-order valence-corrected chi connectivity index (χ2v) is 13.3. The van der Waals surface area contributed by atoms with Crippen molar-refractivity contribution < 1.29 is 4.42 Å². The summed E-state index contributed by atoms with van der Waals surface area (Å²) < 4.78 is 6.50. The largest absolute Gasteiger partial charge is 0.455 e. The zero-order valence-corrected chi connectivity index (χ0v) is 28.4. The maximum Gasteiger partial charge on any atom is 0.143 e. The maximum atomic E-state index is 6.50. The normalized spacial score (nSPS) is 11.5. The zero-order chi connectivity index (χ0) is 34.4. The van der Waals surface area contributed by atoms with Gasteiger partial charge in [0, 0.05) is 33.0 Å². The Kier molecular flexibility index (Phi) is 7.18. The summed E-state index contributed by atoms with van der Waals surface area (Å²) in [5, 5.41) is 7.05. The number of benzene rings is 9. The fourth-order valence-corrected chi connectivity index (χ4v) is 7.79. The van der Waals surface area contributed by atoms with E-state index in [1.807, 2.05) is 0 Å². The number of hydrogen-bond acceptors (Lipinski definition) is 2. The Balaban J connectivity index is 1.16. The van der Waals surface area contributed by atoms with Gasteiger partial charge in [-0.15, -0.1) is 0 Å². The van der Waals surface area contributed by atoms with E-state index < -0.39 is 0 Å². The molecule has 0 spiro atoms. The quantitative estimate of drug-likeness (QED) is 0.176. The number of para-hydroxylation sites is 2. The molecule has 1 heterocycles. The second-order valence-electron chi connectivity index (χ2n) is 13.3. The molecule has 244 valence electrons. The van der Waals surface area contributed by atoms with E-state index >= 15 is 0 Å². The zero-order valence-electron chi connectivity index (χ0n) is 28.4. The fraction of sp³-hybridized carbons (Fsp3) is 0. The first-order chi connectivity index (χ1) is 25.8. The molecule has 0 saturated carbocycles. The van der Waals surface area contributed by atoms with Gasteiger partial charge in [0.15, 0.2) is 0 Å². The molecule has 0 atom stereocenters. The van der Waals surface area contributed by atoms with Crippen molar-refractivity contribution in [3.8, 4) is 33.4 Å².